The van der Waals surface area contributed by atoms with Gasteiger partial charge in [-0.15, -0.1) is 0 Å². The monoisotopic (exact) mass is 313 g/mol. The Morgan fingerprint density at radius 1 is 1.35 bits per heavy atom. The van der Waals surface area contributed by atoms with Crippen molar-refractivity contribution < 1.29 is 13.2 Å². The van der Waals surface area contributed by atoms with Crippen LogP contribution in [-0.2, 0) is 19.5 Å². The summed E-state index contributed by atoms with van der Waals surface area (Å²) in [4.78, 5) is 0. The summed E-state index contributed by atoms with van der Waals surface area (Å²) in [5.41, 5.74) is 1.63. The molecule has 1 heterocycles. The molecule has 17 heavy (non-hydrogen) atoms. The van der Waals surface area contributed by atoms with E-state index < -0.39 is 12.7 Å². The molecule has 1 aromatic heterocycles. The molecule has 1 N–H and O–H groups in total. The van der Waals surface area contributed by atoms with Crippen molar-refractivity contribution >= 4 is 15.9 Å². The van der Waals surface area contributed by atoms with Gasteiger partial charge in [-0.25, -0.2) is 0 Å². The minimum Gasteiger partial charge on any atom is -0.303 e. The lowest BCUT2D eigenvalue weighted by Crippen LogP contribution is -2.29. The van der Waals surface area contributed by atoms with E-state index in [1.54, 1.807) is 4.68 Å². The molecule has 3 nitrogen and oxygen atoms in total. The van der Waals surface area contributed by atoms with Crippen LogP contribution < -0.4 is 5.32 Å². The summed E-state index contributed by atoms with van der Waals surface area (Å²) >= 11 is 3.38. The Morgan fingerprint density at radius 2 is 2.00 bits per heavy atom. The zero-order valence-electron chi connectivity index (χ0n) is 9.73. The number of hydrogen-bond acceptors (Lipinski definition) is 2. The zero-order chi connectivity index (χ0) is 13.1. The Hall–Kier alpha value is -0.560. The number of alkyl halides is 3. The molecule has 0 atom stereocenters. The summed E-state index contributed by atoms with van der Waals surface area (Å²) in [5.74, 6) is 0. The van der Waals surface area contributed by atoms with Gasteiger partial charge >= 0.3 is 6.18 Å². The number of aromatic nitrogens is 2. The first-order valence-corrected chi connectivity index (χ1v) is 6.19. The minimum atomic E-state index is -4.18. The summed E-state index contributed by atoms with van der Waals surface area (Å²) in [6, 6.07) is 0. The number of nitrogens with one attached hydrogen (secondary N) is 1. The normalized spacial score (nSPS) is 12.1. The zero-order valence-corrected chi connectivity index (χ0v) is 11.3. The topological polar surface area (TPSA) is 29.9 Å². The average Bonchev–Trinajstić information content (AvgIpc) is 2.54. The number of hydrogen-bond donors (Lipinski definition) is 1. The van der Waals surface area contributed by atoms with E-state index >= 15 is 0 Å². The summed E-state index contributed by atoms with van der Waals surface area (Å²) in [6.07, 6.45) is -3.43. The predicted molar refractivity (Wildman–Crippen MR) is 62.7 cm³/mol. The highest BCUT2D eigenvalue weighted by Gasteiger charge is 2.26. The molecule has 0 fully saturated rings. The van der Waals surface area contributed by atoms with Gasteiger partial charge in [-0.3, -0.25) is 4.68 Å². The van der Waals surface area contributed by atoms with Crippen LogP contribution in [0.25, 0.3) is 0 Å². The average molecular weight is 314 g/mol. The van der Waals surface area contributed by atoms with Gasteiger partial charge in [0.25, 0.3) is 0 Å². The van der Waals surface area contributed by atoms with Crippen molar-refractivity contribution in [1.82, 2.24) is 15.1 Å². The highest BCUT2D eigenvalue weighted by molar-refractivity contribution is 9.10. The van der Waals surface area contributed by atoms with Gasteiger partial charge in [0.1, 0.15) is 0 Å². The van der Waals surface area contributed by atoms with Gasteiger partial charge in [-0.05, 0) is 29.3 Å². The van der Waals surface area contributed by atoms with Crippen molar-refractivity contribution in [1.29, 1.82) is 0 Å². The highest BCUT2D eigenvalue weighted by atomic mass is 79.9. The van der Waals surface area contributed by atoms with E-state index in [2.05, 4.69) is 26.3 Å². The fraction of sp³-hybridized carbons (Fsp3) is 0.700. The van der Waals surface area contributed by atoms with E-state index in [0.717, 1.165) is 22.3 Å². The lowest BCUT2D eigenvalue weighted by molar-refractivity contribution is -0.125. The van der Waals surface area contributed by atoms with E-state index in [0.29, 0.717) is 6.54 Å². The van der Waals surface area contributed by atoms with E-state index in [1.807, 2.05) is 13.8 Å². The Balaban J connectivity index is 2.72. The van der Waals surface area contributed by atoms with Gasteiger partial charge in [0.15, 0.2) is 0 Å². The molecule has 0 bridgehead atoms. The number of rotatable bonds is 5. The molecule has 0 aromatic carbocycles. The van der Waals surface area contributed by atoms with E-state index in [4.69, 9.17) is 0 Å². The lowest BCUT2D eigenvalue weighted by atomic mass is 10.3. The first-order valence-electron chi connectivity index (χ1n) is 5.40. The summed E-state index contributed by atoms with van der Waals surface area (Å²) in [5, 5.41) is 6.69. The maximum atomic E-state index is 12.0. The Kier molecular flexibility index (Phi) is 5.00. The van der Waals surface area contributed by atoms with Crippen molar-refractivity contribution in [3.63, 3.8) is 0 Å². The maximum Gasteiger partial charge on any atom is 0.401 e. The molecule has 0 unspecified atom stereocenters. The SMILES string of the molecule is CCc1nn(CC)c(CNCC(F)(F)F)c1Br. The number of nitrogens with zero attached hydrogens (tertiary/aromatic N) is 2. The molecule has 0 aliphatic carbocycles. The molecule has 1 aromatic rings. The molecule has 7 heteroatoms. The molecular formula is C10H15BrF3N3. The molecule has 0 amide bonds. The fourth-order valence-electron chi connectivity index (χ4n) is 1.51. The first-order chi connectivity index (χ1) is 7.89. The van der Waals surface area contributed by atoms with Gasteiger partial charge in [0.2, 0.25) is 0 Å². The fourth-order valence-corrected chi connectivity index (χ4v) is 2.21. The van der Waals surface area contributed by atoms with Crippen LogP contribution in [0.15, 0.2) is 4.47 Å². The van der Waals surface area contributed by atoms with Crippen LogP contribution in [0, 0.1) is 0 Å². The highest BCUT2D eigenvalue weighted by Crippen LogP contribution is 2.22. The largest absolute Gasteiger partial charge is 0.401 e. The minimum absolute atomic E-state index is 0.154. The summed E-state index contributed by atoms with van der Waals surface area (Å²) in [7, 11) is 0. The Morgan fingerprint density at radius 3 is 2.47 bits per heavy atom. The van der Waals surface area contributed by atoms with E-state index in [1.165, 1.54) is 0 Å². The van der Waals surface area contributed by atoms with Crippen molar-refractivity contribution in [2.75, 3.05) is 6.54 Å². The van der Waals surface area contributed by atoms with Gasteiger partial charge in [0, 0.05) is 13.1 Å². The molecular weight excluding hydrogens is 299 g/mol. The molecule has 0 saturated heterocycles. The Labute approximate surface area is 107 Å². The summed E-state index contributed by atoms with van der Waals surface area (Å²) in [6.45, 7) is 3.67. The predicted octanol–water partition coefficient (Wildman–Crippen LogP) is 2.88. The summed E-state index contributed by atoms with van der Waals surface area (Å²) < 4.78 is 38.6. The van der Waals surface area contributed by atoms with Crippen LogP contribution in [0.3, 0.4) is 0 Å². The maximum absolute atomic E-state index is 12.0. The molecule has 0 aliphatic rings. The Bertz CT molecular complexity index is 374. The standard InChI is InChI=1S/C10H15BrF3N3/c1-3-7-9(11)8(17(4-2)16-7)5-15-6-10(12,13)14/h15H,3-6H2,1-2H3. The lowest BCUT2D eigenvalue weighted by Gasteiger charge is -2.09. The van der Waals surface area contributed by atoms with Crippen molar-refractivity contribution in [3.05, 3.63) is 15.9 Å². The number of aryl methyl sites for hydroxylation is 2. The van der Waals surface area contributed by atoms with Crippen LogP contribution in [0.2, 0.25) is 0 Å². The molecule has 0 saturated carbocycles. The van der Waals surface area contributed by atoms with Crippen molar-refractivity contribution in [3.8, 4) is 0 Å². The van der Waals surface area contributed by atoms with Crippen LogP contribution in [0.1, 0.15) is 25.2 Å². The molecule has 98 valence electrons. The van der Waals surface area contributed by atoms with Gasteiger partial charge < -0.3 is 5.32 Å². The third-order valence-electron chi connectivity index (χ3n) is 2.31. The third kappa shape index (κ3) is 3.99. The second-order valence-corrected chi connectivity index (χ2v) is 4.39. The quantitative estimate of drug-likeness (QED) is 0.906. The van der Waals surface area contributed by atoms with E-state index in [9.17, 15) is 13.2 Å². The van der Waals surface area contributed by atoms with Crippen LogP contribution in [0.4, 0.5) is 13.2 Å². The first kappa shape index (κ1) is 14.5. The van der Waals surface area contributed by atoms with Crippen LogP contribution >= 0.6 is 15.9 Å². The van der Waals surface area contributed by atoms with Gasteiger partial charge in [0.05, 0.1) is 22.4 Å². The van der Waals surface area contributed by atoms with Crippen molar-refractivity contribution in [2.24, 2.45) is 0 Å². The molecule has 1 rings (SSSR count). The molecule has 0 spiro atoms. The van der Waals surface area contributed by atoms with Gasteiger partial charge in [-0.1, -0.05) is 6.92 Å². The van der Waals surface area contributed by atoms with Crippen molar-refractivity contribution in [2.45, 2.75) is 39.5 Å². The number of halogens is 4. The van der Waals surface area contributed by atoms with E-state index in [-0.39, 0.29) is 6.54 Å². The van der Waals surface area contributed by atoms with Crippen LogP contribution in [0.5, 0.6) is 0 Å². The molecule has 0 aliphatic heterocycles. The van der Waals surface area contributed by atoms with Crippen LogP contribution in [-0.4, -0.2) is 22.5 Å². The second kappa shape index (κ2) is 5.86. The smallest absolute Gasteiger partial charge is 0.303 e. The third-order valence-corrected chi connectivity index (χ3v) is 3.23. The second-order valence-electron chi connectivity index (χ2n) is 3.60. The van der Waals surface area contributed by atoms with Gasteiger partial charge in [-0.2, -0.15) is 18.3 Å². The molecule has 0 radical (unpaired) electrons.